The van der Waals surface area contributed by atoms with E-state index in [1.807, 2.05) is 62.5 Å². The van der Waals surface area contributed by atoms with Gasteiger partial charge in [-0.2, -0.15) is 0 Å². The summed E-state index contributed by atoms with van der Waals surface area (Å²) in [6, 6.07) is 30.0. The van der Waals surface area contributed by atoms with Crippen LogP contribution in [0.3, 0.4) is 0 Å². The quantitative estimate of drug-likeness (QED) is 0.123. The molecule has 0 amide bonds. The average molecular weight is 894 g/mol. The van der Waals surface area contributed by atoms with Gasteiger partial charge in [0.2, 0.25) is 5.71 Å². The molecule has 0 aliphatic carbocycles. The summed E-state index contributed by atoms with van der Waals surface area (Å²) >= 11 is -2.32. The average Bonchev–Trinajstić information content (AvgIpc) is 3.55. The van der Waals surface area contributed by atoms with E-state index in [4.69, 9.17) is 19.5 Å². The first kappa shape index (κ1) is 24.3. The van der Waals surface area contributed by atoms with Gasteiger partial charge in [-0.25, -0.2) is 4.98 Å². The molecule has 49 heavy (non-hydrogen) atoms. The molecule has 0 aliphatic rings. The number of aryl methyl sites for hydroxylation is 3. The molecule has 7 aromatic rings. The first-order chi connectivity index (χ1) is 27.4. The molecular weight excluding hydrogens is 839 g/mol. The Kier molecular flexibility index (Phi) is 7.60. The molecule has 251 valence electrons. The molecule has 0 fully saturated rings. The molecule has 0 aliphatic heterocycles. The van der Waals surface area contributed by atoms with Crippen LogP contribution >= 0.6 is 0 Å². The zero-order valence-electron chi connectivity index (χ0n) is 38.9. The van der Waals surface area contributed by atoms with Gasteiger partial charge in [0.1, 0.15) is 0 Å². The van der Waals surface area contributed by atoms with E-state index in [0.29, 0.717) is 44.5 Å². The minimum absolute atomic E-state index is 0. The van der Waals surface area contributed by atoms with Gasteiger partial charge in [-0.3, -0.25) is 0 Å². The van der Waals surface area contributed by atoms with Crippen molar-refractivity contribution in [3.05, 3.63) is 132 Å². The maximum Gasteiger partial charge on any atom is 0.216 e. The molecule has 0 bridgehead atoms. The summed E-state index contributed by atoms with van der Waals surface area (Å²) in [7, 11) is 0. The van der Waals surface area contributed by atoms with Crippen LogP contribution in [0.5, 0.6) is 0 Å². The minimum Gasteiger partial charge on any atom is -0.486 e. The van der Waals surface area contributed by atoms with Gasteiger partial charge in [0, 0.05) is 45.5 Å². The third-order valence-corrected chi connectivity index (χ3v) is 12.0. The van der Waals surface area contributed by atoms with Crippen LogP contribution in [0.15, 0.2) is 102 Å². The van der Waals surface area contributed by atoms with Crippen LogP contribution in [-0.2, 0) is 26.5 Å². The molecule has 3 aromatic carbocycles. The summed E-state index contributed by atoms with van der Waals surface area (Å²) in [4.78, 5) is 13.5. The van der Waals surface area contributed by atoms with Crippen molar-refractivity contribution in [2.24, 2.45) is 5.92 Å². The standard InChI is InChI=1S/C24H17N2O.C19H26GeN.Ir/c1-15-12-13-25-21(14-15)18-9-8-16(2)22-19-10-11-20(17-6-4-3-5-7-17)26-24(19)27-23(18)22;1-14(2)11-17-12-19(16-9-7-15(3)8-10-16)21-13-18(17)20(4,5)6;/h3-8,10-14H,1-2H3;7-9,12-14H,11H2,1-6H3;/q2*-1;/i1D3,2D3;3D3,11D2;. The second kappa shape index (κ2) is 15.3. The number of nitrogens with zero attached hydrogens (tertiary/aromatic N) is 3. The van der Waals surface area contributed by atoms with E-state index < -0.39 is 40.2 Å². The van der Waals surface area contributed by atoms with Crippen LogP contribution in [0, 0.1) is 38.6 Å². The predicted molar refractivity (Wildman–Crippen MR) is 203 cm³/mol. The van der Waals surface area contributed by atoms with Crippen molar-refractivity contribution in [1.82, 2.24) is 15.0 Å². The Hall–Kier alpha value is -3.90. The fourth-order valence-corrected chi connectivity index (χ4v) is 8.39. The maximum atomic E-state index is 8.60. The Labute approximate surface area is 322 Å². The molecule has 7 rings (SSSR count). The SMILES string of the molecule is [2H]C([2H])([2H])c1c[c-]c(-c2cc(C([2H])([2H])C(C)C)[c]([Ge]([CH3])([CH3])[CH3])cn2)cc1.[2H]C([2H])([2H])c1ccnc(-c2[c-]cc(C([2H])([2H])[2H])c3c2oc2nc(-c4ccccc4)ccc23)c1.[Ir]. The number of hydrogen-bond donors (Lipinski definition) is 0. The van der Waals surface area contributed by atoms with E-state index >= 15 is 0 Å². The van der Waals surface area contributed by atoms with Crippen molar-refractivity contribution in [3.63, 3.8) is 0 Å². The molecular formula is C43H43GeIrN3O-2. The Morgan fingerprint density at radius 1 is 0.837 bits per heavy atom. The fraction of sp³-hybridized carbons (Fsp3) is 0.233. The first-order valence-electron chi connectivity index (χ1n) is 21.2. The number of benzene rings is 3. The summed E-state index contributed by atoms with van der Waals surface area (Å²) in [6.07, 6.45) is 1.77. The molecule has 1 radical (unpaired) electrons. The second-order valence-electron chi connectivity index (χ2n) is 12.9. The zero-order chi connectivity index (χ0) is 43.3. The molecule has 0 saturated heterocycles. The number of hydrogen-bond acceptors (Lipinski definition) is 4. The Morgan fingerprint density at radius 2 is 1.65 bits per heavy atom. The Bertz CT molecular complexity index is 2620. The molecule has 4 nitrogen and oxygen atoms in total. The molecule has 0 atom stereocenters. The number of rotatable bonds is 6. The van der Waals surface area contributed by atoms with Crippen molar-refractivity contribution in [3.8, 4) is 33.8 Å². The third-order valence-electron chi connectivity index (χ3n) is 7.74. The monoisotopic (exact) mass is 895 g/mol. The van der Waals surface area contributed by atoms with E-state index in [2.05, 4.69) is 44.4 Å². The van der Waals surface area contributed by atoms with Gasteiger partial charge in [0.25, 0.3) is 0 Å². The molecule has 4 aromatic heterocycles. The number of pyridine rings is 3. The van der Waals surface area contributed by atoms with Gasteiger partial charge < -0.3 is 9.40 Å². The molecule has 0 unspecified atom stereocenters. The molecule has 6 heteroatoms. The van der Waals surface area contributed by atoms with Gasteiger partial charge in [-0.15, -0.1) is 17.7 Å². The van der Waals surface area contributed by atoms with E-state index in [9.17, 15) is 0 Å². The van der Waals surface area contributed by atoms with Crippen LogP contribution in [0.4, 0.5) is 0 Å². The van der Waals surface area contributed by atoms with E-state index in [0.717, 1.165) is 9.96 Å². The van der Waals surface area contributed by atoms with Crippen molar-refractivity contribution in [2.45, 2.75) is 58.0 Å². The second-order valence-corrected chi connectivity index (χ2v) is 23.5. The van der Waals surface area contributed by atoms with E-state index in [1.165, 1.54) is 30.5 Å². The largest absolute Gasteiger partial charge is 0.486 e. The van der Waals surface area contributed by atoms with Crippen LogP contribution in [-0.4, -0.2) is 28.2 Å². The van der Waals surface area contributed by atoms with Crippen LogP contribution < -0.4 is 4.40 Å². The van der Waals surface area contributed by atoms with Gasteiger partial charge in [0.15, 0.2) is 0 Å². The van der Waals surface area contributed by atoms with Gasteiger partial charge in [-0.1, -0.05) is 59.8 Å². The van der Waals surface area contributed by atoms with Gasteiger partial charge >= 0.3 is 139 Å². The summed E-state index contributed by atoms with van der Waals surface area (Å²) in [6.45, 7) is -3.11. The van der Waals surface area contributed by atoms with Crippen LogP contribution in [0.2, 0.25) is 17.3 Å². The molecule has 0 N–H and O–H groups in total. The van der Waals surface area contributed by atoms with E-state index in [1.54, 1.807) is 18.2 Å². The zero-order valence-corrected chi connectivity index (χ0v) is 32.4. The van der Waals surface area contributed by atoms with Gasteiger partial charge in [-0.05, 0) is 30.7 Å². The topological polar surface area (TPSA) is 51.8 Å². The normalized spacial score (nSPS) is 15.8. The molecule has 0 spiro atoms. The molecule has 0 saturated carbocycles. The number of aromatic nitrogens is 3. The smallest absolute Gasteiger partial charge is 0.216 e. The van der Waals surface area contributed by atoms with Crippen LogP contribution in [0.25, 0.3) is 55.8 Å². The van der Waals surface area contributed by atoms with Crippen molar-refractivity contribution in [2.75, 3.05) is 0 Å². The van der Waals surface area contributed by atoms with Crippen molar-refractivity contribution in [1.29, 1.82) is 0 Å². The van der Waals surface area contributed by atoms with Crippen LogP contribution in [0.1, 0.15) is 51.2 Å². The van der Waals surface area contributed by atoms with E-state index in [-0.39, 0.29) is 54.0 Å². The summed E-state index contributed by atoms with van der Waals surface area (Å²) < 4.78 is 93.8. The Morgan fingerprint density at radius 3 is 2.35 bits per heavy atom. The fourth-order valence-electron chi connectivity index (χ4n) is 5.45. The maximum absolute atomic E-state index is 8.60. The third kappa shape index (κ3) is 8.29. The minimum atomic E-state index is -2.41. The predicted octanol–water partition coefficient (Wildman–Crippen LogP) is 10.7. The Balaban J connectivity index is 0.000000231. The summed E-state index contributed by atoms with van der Waals surface area (Å²) in [5, 5.41) is 0.949. The van der Waals surface area contributed by atoms with Crippen molar-refractivity contribution >= 4 is 39.7 Å². The van der Waals surface area contributed by atoms with Crippen molar-refractivity contribution < 1.29 is 39.6 Å². The van der Waals surface area contributed by atoms with Gasteiger partial charge in [0.05, 0.1) is 11.3 Å². The summed E-state index contributed by atoms with van der Waals surface area (Å²) in [5.74, 6) is 6.53. The summed E-state index contributed by atoms with van der Waals surface area (Å²) in [5.41, 5.74) is 5.27. The first-order valence-corrected chi connectivity index (χ1v) is 23.1. The number of fused-ring (bicyclic) bond motifs is 3. The molecule has 4 heterocycles. The number of furan rings is 1.